The fourth-order valence-electron chi connectivity index (χ4n) is 1.13. The predicted molar refractivity (Wildman–Crippen MR) is 55.1 cm³/mol. The molecule has 2 nitrogen and oxygen atoms in total. The number of rotatable bonds is 2. The van der Waals surface area contributed by atoms with Crippen molar-refractivity contribution in [3.8, 4) is 0 Å². The summed E-state index contributed by atoms with van der Waals surface area (Å²) >= 11 is 5.65. The molecule has 70 valence electrons. The van der Waals surface area contributed by atoms with Gasteiger partial charge in [0.25, 0.3) is 0 Å². The van der Waals surface area contributed by atoms with Crippen molar-refractivity contribution in [3.63, 3.8) is 0 Å². The lowest BCUT2D eigenvalue weighted by molar-refractivity contribution is -0.116. The summed E-state index contributed by atoms with van der Waals surface area (Å²) in [5.41, 5.74) is 1.97. The van der Waals surface area contributed by atoms with E-state index in [0.29, 0.717) is 0 Å². The molecule has 1 aromatic carbocycles. The molecule has 0 atom stereocenters. The van der Waals surface area contributed by atoms with E-state index in [2.05, 4.69) is 0 Å². The Balaban J connectivity index is 2.98. The standard InChI is InChI=1S/C10H12ClNO/c1-8-4-3-5-10(6-8)12(7-11)9(2)13/h3-6H,7H2,1-2H3. The van der Waals surface area contributed by atoms with E-state index in [-0.39, 0.29) is 11.9 Å². The SMILES string of the molecule is CC(=O)N(CCl)c1cccc(C)c1. The van der Waals surface area contributed by atoms with E-state index >= 15 is 0 Å². The normalized spacial score (nSPS) is 9.77. The molecule has 1 aromatic rings. The molecular weight excluding hydrogens is 186 g/mol. The highest BCUT2D eigenvalue weighted by Crippen LogP contribution is 2.16. The van der Waals surface area contributed by atoms with Crippen LogP contribution >= 0.6 is 11.6 Å². The molecule has 0 unspecified atom stereocenters. The van der Waals surface area contributed by atoms with E-state index < -0.39 is 0 Å². The van der Waals surface area contributed by atoms with Crippen LogP contribution in [-0.4, -0.2) is 11.9 Å². The quantitative estimate of drug-likeness (QED) is 0.527. The molecule has 0 spiro atoms. The van der Waals surface area contributed by atoms with E-state index in [0.717, 1.165) is 11.3 Å². The van der Waals surface area contributed by atoms with Gasteiger partial charge in [-0.2, -0.15) is 0 Å². The zero-order valence-electron chi connectivity index (χ0n) is 7.75. The summed E-state index contributed by atoms with van der Waals surface area (Å²) in [6.45, 7) is 3.49. The van der Waals surface area contributed by atoms with Gasteiger partial charge in [0.1, 0.15) is 6.00 Å². The first-order chi connectivity index (χ1) is 6.15. The van der Waals surface area contributed by atoms with E-state index in [4.69, 9.17) is 11.6 Å². The van der Waals surface area contributed by atoms with Crippen LogP contribution in [0.4, 0.5) is 5.69 Å². The molecule has 0 aliphatic carbocycles. The number of hydrogen-bond donors (Lipinski definition) is 0. The summed E-state index contributed by atoms with van der Waals surface area (Å²) in [6.07, 6.45) is 0. The second kappa shape index (κ2) is 4.28. The number of anilines is 1. The molecule has 3 heteroatoms. The minimum atomic E-state index is -0.0411. The minimum absolute atomic E-state index is 0.0411. The maximum absolute atomic E-state index is 11.1. The van der Waals surface area contributed by atoms with E-state index in [1.54, 1.807) is 0 Å². The van der Waals surface area contributed by atoms with Gasteiger partial charge < -0.3 is 0 Å². The monoisotopic (exact) mass is 197 g/mol. The molecule has 0 saturated carbocycles. The molecule has 0 aromatic heterocycles. The Morgan fingerprint density at radius 3 is 2.69 bits per heavy atom. The fraction of sp³-hybridized carbons (Fsp3) is 0.300. The van der Waals surface area contributed by atoms with Crippen LogP contribution < -0.4 is 4.90 Å². The summed E-state index contributed by atoms with van der Waals surface area (Å²) in [5.74, 6) is -0.0411. The molecule has 0 saturated heterocycles. The third-order valence-electron chi connectivity index (χ3n) is 1.81. The van der Waals surface area contributed by atoms with Crippen LogP contribution in [0.5, 0.6) is 0 Å². The van der Waals surface area contributed by atoms with Crippen molar-refractivity contribution in [1.29, 1.82) is 0 Å². The van der Waals surface area contributed by atoms with Gasteiger partial charge in [0, 0.05) is 12.6 Å². The highest BCUT2D eigenvalue weighted by atomic mass is 35.5. The summed E-state index contributed by atoms with van der Waals surface area (Å²) in [6, 6.07) is 7.89. The highest BCUT2D eigenvalue weighted by Gasteiger charge is 2.08. The van der Waals surface area contributed by atoms with Crippen molar-refractivity contribution in [3.05, 3.63) is 29.8 Å². The Morgan fingerprint density at radius 1 is 1.54 bits per heavy atom. The Hall–Kier alpha value is -1.02. The molecule has 0 fully saturated rings. The average molecular weight is 198 g/mol. The summed E-state index contributed by atoms with van der Waals surface area (Å²) in [4.78, 5) is 12.7. The maximum Gasteiger partial charge on any atom is 0.224 e. The van der Waals surface area contributed by atoms with Gasteiger partial charge in [-0.3, -0.25) is 9.69 Å². The first-order valence-electron chi connectivity index (χ1n) is 4.06. The highest BCUT2D eigenvalue weighted by molar-refractivity contribution is 6.21. The number of aryl methyl sites for hydroxylation is 1. The molecule has 0 aliphatic rings. The number of amides is 1. The molecule has 0 aliphatic heterocycles. The van der Waals surface area contributed by atoms with E-state index in [1.807, 2.05) is 31.2 Å². The molecule has 0 bridgehead atoms. The first-order valence-corrected chi connectivity index (χ1v) is 4.59. The lowest BCUT2D eigenvalue weighted by Gasteiger charge is -2.17. The van der Waals surface area contributed by atoms with Gasteiger partial charge in [-0.05, 0) is 24.6 Å². The van der Waals surface area contributed by atoms with Crippen LogP contribution in [0.15, 0.2) is 24.3 Å². The number of carbonyl (C=O) groups is 1. The Bertz CT molecular complexity index is 312. The van der Waals surface area contributed by atoms with Crippen molar-refractivity contribution in [2.75, 3.05) is 10.9 Å². The Labute approximate surface area is 83.1 Å². The van der Waals surface area contributed by atoms with Crippen LogP contribution in [0.25, 0.3) is 0 Å². The Kier molecular flexibility index (Phi) is 3.32. The third-order valence-corrected chi connectivity index (χ3v) is 2.05. The average Bonchev–Trinajstić information content (AvgIpc) is 2.04. The second-order valence-corrected chi connectivity index (χ2v) is 3.14. The van der Waals surface area contributed by atoms with Crippen LogP contribution in [0, 0.1) is 6.92 Å². The fourth-order valence-corrected chi connectivity index (χ4v) is 1.44. The van der Waals surface area contributed by atoms with Gasteiger partial charge in [0.05, 0.1) is 0 Å². The number of hydrogen-bond acceptors (Lipinski definition) is 1. The van der Waals surface area contributed by atoms with Crippen LogP contribution in [0.1, 0.15) is 12.5 Å². The number of halogens is 1. The van der Waals surface area contributed by atoms with Crippen molar-refractivity contribution >= 4 is 23.2 Å². The minimum Gasteiger partial charge on any atom is -0.298 e. The molecule has 1 rings (SSSR count). The molecule has 13 heavy (non-hydrogen) atoms. The number of nitrogens with zero attached hydrogens (tertiary/aromatic N) is 1. The number of carbonyl (C=O) groups excluding carboxylic acids is 1. The smallest absolute Gasteiger partial charge is 0.224 e. The first kappa shape index (κ1) is 10.1. The number of benzene rings is 1. The van der Waals surface area contributed by atoms with Gasteiger partial charge >= 0.3 is 0 Å². The number of alkyl halides is 1. The van der Waals surface area contributed by atoms with Crippen molar-refractivity contribution < 1.29 is 4.79 Å². The lowest BCUT2D eigenvalue weighted by Crippen LogP contribution is -2.26. The molecule has 0 radical (unpaired) electrons. The van der Waals surface area contributed by atoms with Crippen molar-refractivity contribution in [1.82, 2.24) is 0 Å². The van der Waals surface area contributed by atoms with Crippen molar-refractivity contribution in [2.45, 2.75) is 13.8 Å². The maximum atomic E-state index is 11.1. The second-order valence-electron chi connectivity index (χ2n) is 2.91. The zero-order chi connectivity index (χ0) is 9.84. The Morgan fingerprint density at radius 2 is 2.23 bits per heavy atom. The molecule has 1 amide bonds. The topological polar surface area (TPSA) is 20.3 Å². The van der Waals surface area contributed by atoms with Gasteiger partial charge in [0.15, 0.2) is 0 Å². The van der Waals surface area contributed by atoms with Crippen molar-refractivity contribution in [2.24, 2.45) is 0 Å². The van der Waals surface area contributed by atoms with Gasteiger partial charge in [-0.15, -0.1) is 11.6 Å². The predicted octanol–water partition coefficient (Wildman–Crippen LogP) is 2.54. The van der Waals surface area contributed by atoms with Crippen LogP contribution in [-0.2, 0) is 4.79 Å². The van der Waals surface area contributed by atoms with E-state index in [1.165, 1.54) is 11.8 Å². The molecule has 0 N–H and O–H groups in total. The molecular formula is C10H12ClNO. The molecule has 0 heterocycles. The van der Waals surface area contributed by atoms with Crippen LogP contribution in [0.3, 0.4) is 0 Å². The summed E-state index contributed by atoms with van der Waals surface area (Å²) < 4.78 is 0. The largest absolute Gasteiger partial charge is 0.298 e. The summed E-state index contributed by atoms with van der Waals surface area (Å²) in [7, 11) is 0. The third kappa shape index (κ3) is 2.46. The lowest BCUT2D eigenvalue weighted by atomic mass is 10.2. The summed E-state index contributed by atoms with van der Waals surface area (Å²) in [5, 5.41) is 0. The van der Waals surface area contributed by atoms with E-state index in [9.17, 15) is 4.79 Å². The zero-order valence-corrected chi connectivity index (χ0v) is 8.51. The van der Waals surface area contributed by atoms with Gasteiger partial charge in [-0.1, -0.05) is 12.1 Å². The van der Waals surface area contributed by atoms with Crippen LogP contribution in [0.2, 0.25) is 0 Å². The van der Waals surface area contributed by atoms with Gasteiger partial charge in [-0.25, -0.2) is 0 Å². The van der Waals surface area contributed by atoms with Gasteiger partial charge in [0.2, 0.25) is 5.91 Å².